The Kier molecular flexibility index (Phi) is 5.47. The van der Waals surface area contributed by atoms with Gasteiger partial charge in [-0.15, -0.1) is 0 Å². The Hall–Kier alpha value is -3.34. The summed E-state index contributed by atoms with van der Waals surface area (Å²) < 4.78 is 5.43. The standard InChI is InChI=1S/C24H24N2O3/c1-29-22-14-13-21(19-11-5-6-12-20(19)22)24(28)26-15-7-8-17(16-26)23(27)25-18-9-3-2-4-10-18/h2-6,9-14,17H,7-8,15-16H2,1H3,(H,25,27)/t17-/m1/s1. The number of methoxy groups -OCH3 is 1. The Morgan fingerprint density at radius 2 is 1.69 bits per heavy atom. The maximum atomic E-state index is 13.3. The summed E-state index contributed by atoms with van der Waals surface area (Å²) in [5, 5.41) is 4.74. The van der Waals surface area contributed by atoms with Crippen LogP contribution in [0.3, 0.4) is 0 Å². The molecular formula is C24H24N2O3. The van der Waals surface area contributed by atoms with E-state index in [1.54, 1.807) is 12.0 Å². The van der Waals surface area contributed by atoms with Crippen LogP contribution in [0.15, 0.2) is 66.7 Å². The van der Waals surface area contributed by atoms with Gasteiger partial charge in [0.2, 0.25) is 5.91 Å². The van der Waals surface area contributed by atoms with Gasteiger partial charge in [-0.25, -0.2) is 0 Å². The number of rotatable bonds is 4. The molecule has 4 rings (SSSR count). The first-order valence-electron chi connectivity index (χ1n) is 9.88. The van der Waals surface area contributed by atoms with Crippen molar-refractivity contribution < 1.29 is 14.3 Å². The fourth-order valence-corrected chi connectivity index (χ4v) is 3.95. The SMILES string of the molecule is COc1ccc(C(=O)N2CCC[C@@H](C(=O)Nc3ccccc3)C2)c2ccccc12. The van der Waals surface area contributed by atoms with Crippen molar-refractivity contribution in [1.29, 1.82) is 0 Å². The number of anilines is 1. The zero-order valence-corrected chi connectivity index (χ0v) is 16.4. The van der Waals surface area contributed by atoms with E-state index in [2.05, 4.69) is 5.32 Å². The van der Waals surface area contributed by atoms with Crippen LogP contribution in [0, 0.1) is 5.92 Å². The predicted octanol–water partition coefficient (Wildman–Crippen LogP) is 4.34. The van der Waals surface area contributed by atoms with E-state index in [1.807, 2.05) is 66.7 Å². The summed E-state index contributed by atoms with van der Waals surface area (Å²) in [5.41, 5.74) is 1.42. The van der Waals surface area contributed by atoms with Crippen molar-refractivity contribution in [1.82, 2.24) is 4.90 Å². The molecule has 3 aromatic carbocycles. The Morgan fingerprint density at radius 1 is 0.966 bits per heavy atom. The molecule has 0 unspecified atom stereocenters. The molecule has 1 aliphatic heterocycles. The molecule has 1 atom stereocenters. The summed E-state index contributed by atoms with van der Waals surface area (Å²) in [5.74, 6) is 0.461. The first-order valence-corrected chi connectivity index (χ1v) is 9.88. The molecular weight excluding hydrogens is 364 g/mol. The molecule has 5 heteroatoms. The van der Waals surface area contributed by atoms with Gasteiger partial charge in [-0.05, 0) is 42.5 Å². The molecule has 0 spiro atoms. The lowest BCUT2D eigenvalue weighted by molar-refractivity contribution is -0.121. The Balaban J connectivity index is 1.54. The number of nitrogens with zero attached hydrogens (tertiary/aromatic N) is 1. The van der Waals surface area contributed by atoms with Crippen molar-refractivity contribution in [2.45, 2.75) is 12.8 Å². The van der Waals surface area contributed by atoms with Crippen molar-refractivity contribution in [3.05, 3.63) is 72.3 Å². The molecule has 0 aromatic heterocycles. The lowest BCUT2D eigenvalue weighted by atomic mass is 9.95. The third kappa shape index (κ3) is 3.94. The number of piperidine rings is 1. The van der Waals surface area contributed by atoms with Crippen LogP contribution < -0.4 is 10.1 Å². The summed E-state index contributed by atoms with van der Waals surface area (Å²) in [6.07, 6.45) is 1.60. The highest BCUT2D eigenvalue weighted by atomic mass is 16.5. The molecule has 1 N–H and O–H groups in total. The maximum absolute atomic E-state index is 13.3. The van der Waals surface area contributed by atoms with E-state index in [4.69, 9.17) is 4.74 Å². The molecule has 0 bridgehead atoms. The fourth-order valence-electron chi connectivity index (χ4n) is 3.95. The smallest absolute Gasteiger partial charge is 0.254 e. The van der Waals surface area contributed by atoms with Gasteiger partial charge in [0, 0.05) is 29.7 Å². The number of benzene rings is 3. The minimum atomic E-state index is -0.211. The molecule has 3 aromatic rings. The maximum Gasteiger partial charge on any atom is 0.254 e. The van der Waals surface area contributed by atoms with Gasteiger partial charge in [0.25, 0.3) is 5.91 Å². The lowest BCUT2D eigenvalue weighted by Gasteiger charge is -2.32. The van der Waals surface area contributed by atoms with Crippen molar-refractivity contribution in [3.8, 4) is 5.75 Å². The molecule has 29 heavy (non-hydrogen) atoms. The van der Waals surface area contributed by atoms with Gasteiger partial charge in [-0.3, -0.25) is 9.59 Å². The van der Waals surface area contributed by atoms with Crippen molar-refractivity contribution in [3.63, 3.8) is 0 Å². The van der Waals surface area contributed by atoms with Crippen LogP contribution in [0.1, 0.15) is 23.2 Å². The molecule has 148 valence electrons. The van der Waals surface area contributed by atoms with Gasteiger partial charge >= 0.3 is 0 Å². The summed E-state index contributed by atoms with van der Waals surface area (Å²) in [6.45, 7) is 1.09. The second-order valence-corrected chi connectivity index (χ2v) is 7.31. The summed E-state index contributed by atoms with van der Waals surface area (Å²) in [4.78, 5) is 27.8. The van der Waals surface area contributed by atoms with Crippen molar-refractivity contribution in [2.24, 2.45) is 5.92 Å². The normalized spacial score (nSPS) is 16.4. The number of carbonyl (C=O) groups is 2. The van der Waals surface area contributed by atoms with Crippen molar-refractivity contribution >= 4 is 28.3 Å². The fraction of sp³-hybridized carbons (Fsp3) is 0.250. The van der Waals surface area contributed by atoms with Gasteiger partial charge in [0.05, 0.1) is 13.0 Å². The number of ether oxygens (including phenoxy) is 1. The van der Waals surface area contributed by atoms with Crippen LogP contribution in [0.2, 0.25) is 0 Å². The molecule has 1 heterocycles. The quantitative estimate of drug-likeness (QED) is 0.723. The number of hydrogen-bond acceptors (Lipinski definition) is 3. The average molecular weight is 388 g/mol. The number of para-hydroxylation sites is 1. The van der Waals surface area contributed by atoms with Crippen LogP contribution in [0.25, 0.3) is 10.8 Å². The zero-order valence-electron chi connectivity index (χ0n) is 16.4. The van der Waals surface area contributed by atoms with Crippen LogP contribution in [0.5, 0.6) is 5.75 Å². The molecule has 2 amide bonds. The van der Waals surface area contributed by atoms with E-state index in [-0.39, 0.29) is 17.7 Å². The summed E-state index contributed by atoms with van der Waals surface area (Å²) >= 11 is 0. The average Bonchev–Trinajstić information content (AvgIpc) is 2.78. The summed E-state index contributed by atoms with van der Waals surface area (Å²) in [7, 11) is 1.63. The first kappa shape index (κ1) is 19.0. The largest absolute Gasteiger partial charge is 0.496 e. The van der Waals surface area contributed by atoms with Gasteiger partial charge in [-0.2, -0.15) is 0 Å². The van der Waals surface area contributed by atoms with E-state index in [1.165, 1.54) is 0 Å². The van der Waals surface area contributed by atoms with E-state index in [0.717, 1.165) is 35.1 Å². The van der Waals surface area contributed by atoms with Crippen molar-refractivity contribution in [2.75, 3.05) is 25.5 Å². The first-order chi connectivity index (χ1) is 14.2. The van der Waals surface area contributed by atoms with Crippen LogP contribution in [-0.4, -0.2) is 36.9 Å². The molecule has 0 saturated carbocycles. The minimum Gasteiger partial charge on any atom is -0.496 e. The molecule has 5 nitrogen and oxygen atoms in total. The summed E-state index contributed by atoms with van der Waals surface area (Å²) in [6, 6.07) is 20.8. The number of fused-ring (bicyclic) bond motifs is 1. The van der Waals surface area contributed by atoms with E-state index < -0.39 is 0 Å². The molecule has 1 aliphatic rings. The number of hydrogen-bond donors (Lipinski definition) is 1. The highest BCUT2D eigenvalue weighted by Crippen LogP contribution is 2.30. The Bertz CT molecular complexity index is 1030. The highest BCUT2D eigenvalue weighted by molar-refractivity contribution is 6.08. The van der Waals surface area contributed by atoms with E-state index in [0.29, 0.717) is 18.7 Å². The zero-order chi connectivity index (χ0) is 20.2. The molecule has 1 fully saturated rings. The number of carbonyl (C=O) groups excluding carboxylic acids is 2. The Labute approximate surface area is 170 Å². The third-order valence-electron chi connectivity index (χ3n) is 5.46. The highest BCUT2D eigenvalue weighted by Gasteiger charge is 2.29. The topological polar surface area (TPSA) is 58.6 Å². The van der Waals surface area contributed by atoms with E-state index >= 15 is 0 Å². The molecule has 1 saturated heterocycles. The van der Waals surface area contributed by atoms with Gasteiger partial charge in [0.15, 0.2) is 0 Å². The molecule has 0 radical (unpaired) electrons. The van der Waals surface area contributed by atoms with Gasteiger partial charge < -0.3 is 15.0 Å². The Morgan fingerprint density at radius 3 is 2.45 bits per heavy atom. The lowest BCUT2D eigenvalue weighted by Crippen LogP contribution is -2.43. The minimum absolute atomic E-state index is 0.0340. The number of amides is 2. The van der Waals surface area contributed by atoms with E-state index in [9.17, 15) is 9.59 Å². The van der Waals surface area contributed by atoms with Crippen LogP contribution in [0.4, 0.5) is 5.69 Å². The number of likely N-dealkylation sites (tertiary alicyclic amines) is 1. The van der Waals surface area contributed by atoms with Crippen LogP contribution in [-0.2, 0) is 4.79 Å². The molecule has 0 aliphatic carbocycles. The third-order valence-corrected chi connectivity index (χ3v) is 5.46. The van der Waals surface area contributed by atoms with Gasteiger partial charge in [0.1, 0.15) is 5.75 Å². The monoisotopic (exact) mass is 388 g/mol. The van der Waals surface area contributed by atoms with Gasteiger partial charge in [-0.1, -0.05) is 42.5 Å². The second-order valence-electron chi connectivity index (χ2n) is 7.31. The predicted molar refractivity (Wildman–Crippen MR) is 114 cm³/mol. The second kappa shape index (κ2) is 8.35. The number of nitrogens with one attached hydrogen (secondary N) is 1. The van der Waals surface area contributed by atoms with Crippen LogP contribution >= 0.6 is 0 Å².